The van der Waals surface area contributed by atoms with Gasteiger partial charge in [0.15, 0.2) is 0 Å². The van der Waals surface area contributed by atoms with Crippen LogP contribution in [0.15, 0.2) is 4.99 Å². The van der Waals surface area contributed by atoms with Gasteiger partial charge < -0.3 is 4.74 Å². The van der Waals surface area contributed by atoms with Gasteiger partial charge in [0.1, 0.15) is 4.75 Å². The minimum atomic E-state index is -0.279. The first-order chi connectivity index (χ1) is 10.2. The quantitative estimate of drug-likeness (QED) is 0.728. The van der Waals surface area contributed by atoms with Gasteiger partial charge in [0.05, 0.1) is 11.1 Å². The summed E-state index contributed by atoms with van der Waals surface area (Å²) >= 11 is 1.78. The van der Waals surface area contributed by atoms with Crippen LogP contribution in [0.3, 0.4) is 0 Å². The summed E-state index contributed by atoms with van der Waals surface area (Å²) in [6, 6.07) is 0. The summed E-state index contributed by atoms with van der Waals surface area (Å²) in [5.41, 5.74) is 0. The highest BCUT2D eigenvalue weighted by molar-refractivity contribution is 8.16. The smallest absolute Gasteiger partial charge is 0.263 e. The highest BCUT2D eigenvalue weighted by Gasteiger charge is 2.48. The molecular formula is C17H27NO2S. The topological polar surface area (TPSA) is 38.7 Å². The molecule has 3 aliphatic rings. The second-order valence-electron chi connectivity index (χ2n) is 6.92. The molecule has 2 fully saturated rings. The fourth-order valence-corrected chi connectivity index (χ4v) is 5.63. The summed E-state index contributed by atoms with van der Waals surface area (Å²) in [5.74, 6) is 0.876. The number of carbonyl (C=O) groups excluding carboxylic acids is 1. The molecular weight excluding hydrogens is 282 g/mol. The predicted molar refractivity (Wildman–Crippen MR) is 87.8 cm³/mol. The Kier molecular flexibility index (Phi) is 5.05. The standard InChI is InChI=1S/C17H27NO2S/c1-20-14-9-6-10-17(12-14)16(19)18-15(21-17)11-13-7-4-2-3-5-8-13/h13-14H,2-12H2,1H3. The summed E-state index contributed by atoms with van der Waals surface area (Å²) in [6.45, 7) is 0. The van der Waals surface area contributed by atoms with E-state index in [2.05, 4.69) is 4.99 Å². The summed E-state index contributed by atoms with van der Waals surface area (Å²) in [7, 11) is 1.76. The van der Waals surface area contributed by atoms with Crippen molar-refractivity contribution in [1.82, 2.24) is 0 Å². The van der Waals surface area contributed by atoms with Crippen molar-refractivity contribution in [2.75, 3.05) is 7.11 Å². The molecule has 3 rings (SSSR count). The van der Waals surface area contributed by atoms with E-state index in [0.717, 1.165) is 43.1 Å². The van der Waals surface area contributed by atoms with E-state index in [-0.39, 0.29) is 16.8 Å². The number of hydrogen-bond donors (Lipinski definition) is 0. The largest absolute Gasteiger partial charge is 0.381 e. The van der Waals surface area contributed by atoms with Gasteiger partial charge in [-0.1, -0.05) is 50.3 Å². The lowest BCUT2D eigenvalue weighted by atomic mass is 9.86. The number of methoxy groups -OCH3 is 1. The van der Waals surface area contributed by atoms with Crippen LogP contribution < -0.4 is 0 Å². The average molecular weight is 309 g/mol. The number of nitrogens with zero attached hydrogens (tertiary/aromatic N) is 1. The average Bonchev–Trinajstić information content (AvgIpc) is 2.68. The van der Waals surface area contributed by atoms with Crippen LogP contribution in [0, 0.1) is 5.92 Å². The van der Waals surface area contributed by atoms with Crippen molar-refractivity contribution in [3.05, 3.63) is 0 Å². The number of hydrogen-bond acceptors (Lipinski definition) is 3. The van der Waals surface area contributed by atoms with Gasteiger partial charge in [0, 0.05) is 7.11 Å². The van der Waals surface area contributed by atoms with Crippen molar-refractivity contribution in [3.63, 3.8) is 0 Å². The van der Waals surface area contributed by atoms with Crippen molar-refractivity contribution < 1.29 is 9.53 Å². The van der Waals surface area contributed by atoms with Crippen LogP contribution in [0.4, 0.5) is 0 Å². The minimum absolute atomic E-state index is 0.123. The number of amides is 1. The van der Waals surface area contributed by atoms with E-state index in [9.17, 15) is 4.79 Å². The Balaban J connectivity index is 1.61. The Morgan fingerprint density at radius 1 is 1.19 bits per heavy atom. The molecule has 3 nitrogen and oxygen atoms in total. The molecule has 0 aromatic carbocycles. The van der Waals surface area contributed by atoms with E-state index < -0.39 is 0 Å². The second-order valence-corrected chi connectivity index (χ2v) is 8.38. The van der Waals surface area contributed by atoms with E-state index in [1.165, 1.54) is 38.5 Å². The van der Waals surface area contributed by atoms with Crippen LogP contribution in [0.5, 0.6) is 0 Å². The van der Waals surface area contributed by atoms with Gasteiger partial charge in [-0.2, -0.15) is 0 Å². The van der Waals surface area contributed by atoms with E-state index in [1.807, 2.05) is 0 Å². The van der Waals surface area contributed by atoms with Gasteiger partial charge in [-0.3, -0.25) is 4.79 Å². The minimum Gasteiger partial charge on any atom is -0.381 e. The molecule has 2 atom stereocenters. The maximum Gasteiger partial charge on any atom is 0.263 e. The molecule has 2 unspecified atom stereocenters. The Hall–Kier alpha value is -0.350. The van der Waals surface area contributed by atoms with E-state index >= 15 is 0 Å². The fraction of sp³-hybridized carbons (Fsp3) is 0.882. The SMILES string of the molecule is COC1CCCC2(C1)SC(CC1CCCCCC1)=NC2=O. The molecule has 1 aliphatic heterocycles. The lowest BCUT2D eigenvalue weighted by molar-refractivity contribution is -0.121. The normalized spacial score (nSPS) is 35.0. The first kappa shape index (κ1) is 15.5. The summed E-state index contributed by atoms with van der Waals surface area (Å²) < 4.78 is 5.23. The van der Waals surface area contributed by atoms with Crippen molar-refractivity contribution in [3.8, 4) is 0 Å². The molecule has 0 bridgehead atoms. The van der Waals surface area contributed by atoms with Crippen LogP contribution in [0.1, 0.15) is 70.6 Å². The molecule has 2 saturated carbocycles. The van der Waals surface area contributed by atoms with Crippen molar-refractivity contribution in [2.24, 2.45) is 10.9 Å². The molecule has 0 aromatic rings. The van der Waals surface area contributed by atoms with Gasteiger partial charge in [-0.25, -0.2) is 4.99 Å². The lowest BCUT2D eigenvalue weighted by Gasteiger charge is -2.34. The van der Waals surface area contributed by atoms with Crippen LogP contribution in [0.25, 0.3) is 0 Å². The Labute approximate surface area is 132 Å². The molecule has 1 spiro atoms. The van der Waals surface area contributed by atoms with Crippen LogP contribution in [-0.2, 0) is 9.53 Å². The molecule has 0 radical (unpaired) electrons. The highest BCUT2D eigenvalue weighted by Crippen LogP contribution is 2.47. The molecule has 0 saturated heterocycles. The Bertz CT molecular complexity index is 415. The number of aliphatic imine (C=N–C) groups is 1. The van der Waals surface area contributed by atoms with Crippen molar-refractivity contribution in [1.29, 1.82) is 0 Å². The number of thioether (sulfide) groups is 1. The number of rotatable bonds is 3. The third-order valence-electron chi connectivity index (χ3n) is 5.36. The van der Waals surface area contributed by atoms with Gasteiger partial charge in [0.2, 0.25) is 0 Å². The molecule has 21 heavy (non-hydrogen) atoms. The molecule has 0 N–H and O–H groups in total. The number of carbonyl (C=O) groups is 1. The molecule has 1 heterocycles. The molecule has 2 aliphatic carbocycles. The summed E-state index contributed by atoms with van der Waals surface area (Å²) in [6.07, 6.45) is 13.4. The van der Waals surface area contributed by atoms with E-state index in [1.54, 1.807) is 18.9 Å². The van der Waals surface area contributed by atoms with Crippen LogP contribution in [-0.4, -0.2) is 28.9 Å². The monoisotopic (exact) mass is 309 g/mol. The molecule has 118 valence electrons. The zero-order valence-electron chi connectivity index (χ0n) is 13.1. The molecule has 4 heteroatoms. The van der Waals surface area contributed by atoms with E-state index in [4.69, 9.17) is 4.74 Å². The third-order valence-corrected chi connectivity index (χ3v) is 6.79. The molecule has 0 aromatic heterocycles. The van der Waals surface area contributed by atoms with Crippen LogP contribution in [0.2, 0.25) is 0 Å². The number of ether oxygens (including phenoxy) is 1. The first-order valence-electron chi connectivity index (χ1n) is 8.56. The first-order valence-corrected chi connectivity index (χ1v) is 9.37. The van der Waals surface area contributed by atoms with Gasteiger partial charge in [0.25, 0.3) is 5.91 Å². The zero-order valence-corrected chi connectivity index (χ0v) is 13.9. The summed E-state index contributed by atoms with van der Waals surface area (Å²) in [5, 5.41) is 1.11. The van der Waals surface area contributed by atoms with Crippen molar-refractivity contribution >= 4 is 22.7 Å². The Morgan fingerprint density at radius 2 is 1.95 bits per heavy atom. The fourth-order valence-electron chi connectivity index (χ4n) is 4.08. The van der Waals surface area contributed by atoms with Gasteiger partial charge in [-0.05, 0) is 38.0 Å². The zero-order chi connectivity index (χ0) is 14.7. The summed E-state index contributed by atoms with van der Waals surface area (Å²) in [4.78, 5) is 16.9. The highest BCUT2D eigenvalue weighted by atomic mass is 32.2. The van der Waals surface area contributed by atoms with Gasteiger partial charge >= 0.3 is 0 Å². The van der Waals surface area contributed by atoms with E-state index in [0.29, 0.717) is 0 Å². The van der Waals surface area contributed by atoms with Crippen molar-refractivity contribution in [2.45, 2.75) is 81.5 Å². The molecule has 1 amide bonds. The Morgan fingerprint density at radius 3 is 2.67 bits per heavy atom. The lowest BCUT2D eigenvalue weighted by Crippen LogP contribution is -2.39. The maximum atomic E-state index is 12.5. The third kappa shape index (κ3) is 3.53. The predicted octanol–water partition coefficient (Wildman–Crippen LogP) is 4.35. The maximum absolute atomic E-state index is 12.5. The van der Waals surface area contributed by atoms with Crippen LogP contribution >= 0.6 is 11.8 Å². The van der Waals surface area contributed by atoms with Gasteiger partial charge in [-0.15, -0.1) is 0 Å². The second kappa shape index (κ2) is 6.82.